The number of hydrogen-bond acceptors (Lipinski definition) is 3. The molecule has 6 heteroatoms. The standard InChI is InChI=1S/C15H20N2O4/c1-15(2,21-3)9-16-14(20)17-11-7-5-4-6-10(11)8-12(17)13(18)19/h4-7,12H,8-9H2,1-3H3,(H,16,20)(H,18,19). The lowest BCUT2D eigenvalue weighted by atomic mass is 10.1. The zero-order chi connectivity index (χ0) is 15.6. The maximum absolute atomic E-state index is 12.4. The van der Waals surface area contributed by atoms with Crippen LogP contribution in [0.15, 0.2) is 24.3 Å². The van der Waals surface area contributed by atoms with Gasteiger partial charge in [-0.1, -0.05) is 18.2 Å². The van der Waals surface area contributed by atoms with E-state index < -0.39 is 23.6 Å². The van der Waals surface area contributed by atoms with Crippen LogP contribution in [0.25, 0.3) is 0 Å². The van der Waals surface area contributed by atoms with E-state index in [1.807, 2.05) is 26.0 Å². The first-order chi connectivity index (χ1) is 9.85. The minimum absolute atomic E-state index is 0.299. The number of benzene rings is 1. The van der Waals surface area contributed by atoms with Gasteiger partial charge in [-0.2, -0.15) is 0 Å². The number of methoxy groups -OCH3 is 1. The minimum atomic E-state index is -1.01. The Kier molecular flexibility index (Phi) is 4.18. The van der Waals surface area contributed by atoms with Crippen LogP contribution in [0.3, 0.4) is 0 Å². The number of amides is 2. The van der Waals surface area contributed by atoms with Gasteiger partial charge in [-0.25, -0.2) is 9.59 Å². The maximum Gasteiger partial charge on any atom is 0.327 e. The van der Waals surface area contributed by atoms with Gasteiger partial charge in [0.2, 0.25) is 0 Å². The Labute approximate surface area is 123 Å². The molecule has 1 heterocycles. The summed E-state index contributed by atoms with van der Waals surface area (Å²) in [6.45, 7) is 3.99. The number of ether oxygens (including phenoxy) is 1. The highest BCUT2D eigenvalue weighted by atomic mass is 16.5. The SMILES string of the molecule is COC(C)(C)CNC(=O)N1c2ccccc2CC1C(=O)O. The summed E-state index contributed by atoms with van der Waals surface area (Å²) in [4.78, 5) is 25.1. The molecule has 114 valence electrons. The van der Waals surface area contributed by atoms with Crippen LogP contribution in [0, 0.1) is 0 Å². The molecule has 1 atom stereocenters. The minimum Gasteiger partial charge on any atom is -0.480 e. The molecule has 6 nitrogen and oxygen atoms in total. The van der Waals surface area contributed by atoms with Crippen molar-refractivity contribution in [2.24, 2.45) is 0 Å². The summed E-state index contributed by atoms with van der Waals surface area (Å²) in [5.41, 5.74) is 1.01. The molecule has 1 aliphatic rings. The van der Waals surface area contributed by atoms with Crippen molar-refractivity contribution < 1.29 is 19.4 Å². The fourth-order valence-electron chi connectivity index (χ4n) is 2.28. The summed E-state index contributed by atoms with van der Waals surface area (Å²) in [7, 11) is 1.57. The van der Waals surface area contributed by atoms with Gasteiger partial charge in [-0.3, -0.25) is 4.90 Å². The van der Waals surface area contributed by atoms with Gasteiger partial charge in [0.05, 0.1) is 5.60 Å². The van der Waals surface area contributed by atoms with Crippen molar-refractivity contribution in [3.05, 3.63) is 29.8 Å². The quantitative estimate of drug-likeness (QED) is 0.884. The lowest BCUT2D eigenvalue weighted by molar-refractivity contribution is -0.138. The number of carboxylic acid groups (broad SMARTS) is 1. The van der Waals surface area contributed by atoms with Crippen LogP contribution in [-0.2, 0) is 16.0 Å². The van der Waals surface area contributed by atoms with Crippen molar-refractivity contribution in [1.82, 2.24) is 5.32 Å². The van der Waals surface area contributed by atoms with E-state index in [1.165, 1.54) is 4.90 Å². The number of rotatable bonds is 4. The van der Waals surface area contributed by atoms with E-state index in [0.29, 0.717) is 18.7 Å². The summed E-state index contributed by atoms with van der Waals surface area (Å²) < 4.78 is 5.24. The van der Waals surface area contributed by atoms with Crippen LogP contribution >= 0.6 is 0 Å². The fraction of sp³-hybridized carbons (Fsp3) is 0.467. The summed E-state index contributed by atoms with van der Waals surface area (Å²) >= 11 is 0. The van der Waals surface area contributed by atoms with E-state index in [2.05, 4.69) is 5.32 Å². The van der Waals surface area contributed by atoms with Crippen LogP contribution in [0.5, 0.6) is 0 Å². The predicted molar refractivity (Wildman–Crippen MR) is 78.5 cm³/mol. The van der Waals surface area contributed by atoms with Gasteiger partial charge >= 0.3 is 12.0 Å². The molecular weight excluding hydrogens is 272 g/mol. The molecular formula is C15H20N2O4. The Morgan fingerprint density at radius 3 is 2.71 bits per heavy atom. The number of fused-ring (bicyclic) bond motifs is 1. The predicted octanol–water partition coefficient (Wildman–Crippen LogP) is 1.64. The average Bonchev–Trinajstić information content (AvgIpc) is 2.84. The van der Waals surface area contributed by atoms with Crippen LogP contribution < -0.4 is 10.2 Å². The molecule has 1 unspecified atom stereocenters. The molecule has 0 aromatic heterocycles. The number of carbonyl (C=O) groups is 2. The smallest absolute Gasteiger partial charge is 0.327 e. The second-order valence-electron chi connectivity index (χ2n) is 5.68. The number of anilines is 1. The first kappa shape index (κ1) is 15.3. The molecule has 2 rings (SSSR count). The van der Waals surface area contributed by atoms with Crippen LogP contribution in [0.1, 0.15) is 19.4 Å². The summed E-state index contributed by atoms with van der Waals surface area (Å²) in [5, 5.41) is 12.1. The number of aliphatic carboxylic acids is 1. The second-order valence-corrected chi connectivity index (χ2v) is 5.68. The van der Waals surface area contributed by atoms with Crippen LogP contribution in [0.2, 0.25) is 0 Å². The Balaban J connectivity index is 2.19. The highest BCUT2D eigenvalue weighted by Gasteiger charge is 2.38. The van der Waals surface area contributed by atoms with Gasteiger partial charge in [-0.15, -0.1) is 0 Å². The van der Waals surface area contributed by atoms with E-state index in [1.54, 1.807) is 19.2 Å². The molecule has 0 bridgehead atoms. The van der Waals surface area contributed by atoms with Gasteiger partial charge in [-0.05, 0) is 25.5 Å². The normalized spacial score (nSPS) is 17.5. The number of nitrogens with zero attached hydrogens (tertiary/aromatic N) is 1. The highest BCUT2D eigenvalue weighted by Crippen LogP contribution is 2.32. The third kappa shape index (κ3) is 3.16. The zero-order valence-corrected chi connectivity index (χ0v) is 12.4. The number of nitrogens with one attached hydrogen (secondary N) is 1. The molecule has 0 spiro atoms. The lowest BCUT2D eigenvalue weighted by Gasteiger charge is -2.27. The Morgan fingerprint density at radius 1 is 1.43 bits per heavy atom. The number of carboxylic acids is 1. The second kappa shape index (κ2) is 5.73. The first-order valence-corrected chi connectivity index (χ1v) is 6.78. The van der Waals surface area contributed by atoms with E-state index in [-0.39, 0.29) is 0 Å². The Bertz CT molecular complexity index is 556. The lowest BCUT2D eigenvalue weighted by Crippen LogP contribution is -2.51. The van der Waals surface area contributed by atoms with Gasteiger partial charge < -0.3 is 15.2 Å². The Morgan fingerprint density at radius 2 is 2.10 bits per heavy atom. The van der Waals surface area contributed by atoms with Crippen molar-refractivity contribution in [3.63, 3.8) is 0 Å². The average molecular weight is 292 g/mol. The van der Waals surface area contributed by atoms with Gasteiger partial charge in [0.15, 0.2) is 0 Å². The summed E-state index contributed by atoms with van der Waals surface area (Å²) in [6.07, 6.45) is 0.326. The molecule has 1 aliphatic heterocycles. The molecule has 0 aliphatic carbocycles. The molecule has 2 N–H and O–H groups in total. The highest BCUT2D eigenvalue weighted by molar-refractivity contribution is 6.01. The number of urea groups is 1. The maximum atomic E-state index is 12.4. The molecule has 1 aromatic rings. The van der Waals surface area contributed by atoms with Gasteiger partial charge in [0.1, 0.15) is 6.04 Å². The topological polar surface area (TPSA) is 78.9 Å². The van der Waals surface area contributed by atoms with Crippen LogP contribution in [0.4, 0.5) is 10.5 Å². The molecule has 0 saturated carbocycles. The largest absolute Gasteiger partial charge is 0.480 e. The Hall–Kier alpha value is -2.08. The number of para-hydroxylation sites is 1. The molecule has 0 radical (unpaired) electrons. The monoisotopic (exact) mass is 292 g/mol. The van der Waals surface area contributed by atoms with Crippen molar-refractivity contribution in [3.8, 4) is 0 Å². The summed E-state index contributed by atoms with van der Waals surface area (Å²) in [6, 6.07) is 5.96. The third-order valence-corrected chi connectivity index (χ3v) is 3.70. The third-order valence-electron chi connectivity index (χ3n) is 3.70. The van der Waals surface area contributed by atoms with Crippen molar-refractivity contribution >= 4 is 17.7 Å². The van der Waals surface area contributed by atoms with E-state index in [9.17, 15) is 14.7 Å². The van der Waals surface area contributed by atoms with Crippen LogP contribution in [-0.4, -0.2) is 42.4 Å². The van der Waals surface area contributed by atoms with Gasteiger partial charge in [0, 0.05) is 25.8 Å². The van der Waals surface area contributed by atoms with Crippen molar-refractivity contribution in [2.45, 2.75) is 31.9 Å². The number of hydrogen-bond donors (Lipinski definition) is 2. The molecule has 21 heavy (non-hydrogen) atoms. The first-order valence-electron chi connectivity index (χ1n) is 6.78. The van der Waals surface area contributed by atoms with E-state index >= 15 is 0 Å². The molecule has 0 saturated heterocycles. The van der Waals surface area contributed by atoms with Gasteiger partial charge in [0.25, 0.3) is 0 Å². The molecule has 0 fully saturated rings. The fourth-order valence-corrected chi connectivity index (χ4v) is 2.28. The van der Waals surface area contributed by atoms with Crippen molar-refractivity contribution in [2.75, 3.05) is 18.6 Å². The zero-order valence-electron chi connectivity index (χ0n) is 12.4. The van der Waals surface area contributed by atoms with E-state index in [0.717, 1.165) is 5.56 Å². The van der Waals surface area contributed by atoms with E-state index in [4.69, 9.17) is 4.74 Å². The summed E-state index contributed by atoms with van der Waals surface area (Å²) in [5.74, 6) is -1.01. The van der Waals surface area contributed by atoms with Crippen molar-refractivity contribution in [1.29, 1.82) is 0 Å². The molecule has 2 amide bonds. The molecule has 1 aromatic carbocycles. The number of carbonyl (C=O) groups excluding carboxylic acids is 1.